The predicted octanol–water partition coefficient (Wildman–Crippen LogP) is 4.48. The van der Waals surface area contributed by atoms with E-state index < -0.39 is 0 Å². The van der Waals surface area contributed by atoms with Crippen LogP contribution in [0, 0.1) is 10.8 Å². The Morgan fingerprint density at radius 1 is 1.07 bits per heavy atom. The van der Waals surface area contributed by atoms with Gasteiger partial charge in [-0.3, -0.25) is 4.99 Å². The third kappa shape index (κ3) is 7.35. The van der Waals surface area contributed by atoms with Crippen LogP contribution < -0.4 is 0 Å². The topological polar surface area (TPSA) is 12.4 Å². The molecule has 0 spiro atoms. The third-order valence-electron chi connectivity index (χ3n) is 2.58. The van der Waals surface area contributed by atoms with Crippen LogP contribution in [0.4, 0.5) is 0 Å². The molecule has 0 atom stereocenters. The standard InChI is InChI=1S/C14H27N/c1-8-13(4,5)9-10-14(6,7)11-15-12(2)3/h9-12H,8H2,1-7H3/b10-9-,15-11?. The summed E-state index contributed by atoms with van der Waals surface area (Å²) in [6.45, 7) is 15.3. The molecule has 0 N–H and O–H groups in total. The minimum atomic E-state index is 0.0662. The lowest BCUT2D eigenvalue weighted by molar-refractivity contribution is 0.456. The summed E-state index contributed by atoms with van der Waals surface area (Å²) in [4.78, 5) is 4.45. The summed E-state index contributed by atoms with van der Waals surface area (Å²) in [6, 6.07) is 0.386. The Morgan fingerprint density at radius 3 is 2.00 bits per heavy atom. The second-order valence-electron chi connectivity index (χ2n) is 5.87. The van der Waals surface area contributed by atoms with E-state index in [0.29, 0.717) is 11.5 Å². The van der Waals surface area contributed by atoms with Crippen molar-refractivity contribution in [3.8, 4) is 0 Å². The first-order chi connectivity index (χ1) is 6.68. The summed E-state index contributed by atoms with van der Waals surface area (Å²) in [7, 11) is 0. The maximum atomic E-state index is 4.45. The van der Waals surface area contributed by atoms with E-state index in [-0.39, 0.29) is 5.41 Å². The molecule has 0 radical (unpaired) electrons. The summed E-state index contributed by atoms with van der Waals surface area (Å²) < 4.78 is 0. The molecule has 0 saturated heterocycles. The van der Waals surface area contributed by atoms with Gasteiger partial charge < -0.3 is 0 Å². The fraction of sp³-hybridized carbons (Fsp3) is 0.786. The van der Waals surface area contributed by atoms with Crippen LogP contribution in [0.3, 0.4) is 0 Å². The van der Waals surface area contributed by atoms with Crippen LogP contribution in [0.5, 0.6) is 0 Å². The normalized spacial score (nSPS) is 14.7. The molecule has 0 rings (SSSR count). The van der Waals surface area contributed by atoms with Crippen LogP contribution in [0.1, 0.15) is 54.9 Å². The lowest BCUT2D eigenvalue weighted by Gasteiger charge is -2.21. The number of hydrogen-bond acceptors (Lipinski definition) is 1. The highest BCUT2D eigenvalue weighted by atomic mass is 14.7. The molecular weight excluding hydrogens is 182 g/mol. The first kappa shape index (κ1) is 14.4. The van der Waals surface area contributed by atoms with E-state index in [1.165, 1.54) is 6.42 Å². The molecule has 1 heteroatoms. The van der Waals surface area contributed by atoms with E-state index in [1.54, 1.807) is 0 Å². The highest BCUT2D eigenvalue weighted by Gasteiger charge is 2.15. The fourth-order valence-electron chi connectivity index (χ4n) is 0.942. The molecule has 0 amide bonds. The molecule has 0 aromatic carbocycles. The van der Waals surface area contributed by atoms with Crippen molar-refractivity contribution in [3.63, 3.8) is 0 Å². The molecule has 0 saturated carbocycles. The summed E-state index contributed by atoms with van der Waals surface area (Å²) in [5.41, 5.74) is 0.361. The molecule has 0 unspecified atom stereocenters. The number of allylic oxidation sites excluding steroid dienone is 2. The predicted molar refractivity (Wildman–Crippen MR) is 70.6 cm³/mol. The van der Waals surface area contributed by atoms with Crippen LogP contribution in [-0.4, -0.2) is 12.3 Å². The van der Waals surface area contributed by atoms with Gasteiger partial charge in [-0.1, -0.05) is 46.8 Å². The van der Waals surface area contributed by atoms with Gasteiger partial charge in [-0.2, -0.15) is 0 Å². The van der Waals surface area contributed by atoms with E-state index in [9.17, 15) is 0 Å². The number of aliphatic imine (C=N–C) groups is 1. The number of nitrogens with zero attached hydrogens (tertiary/aromatic N) is 1. The van der Waals surface area contributed by atoms with Crippen molar-refractivity contribution in [2.75, 3.05) is 0 Å². The Balaban J connectivity index is 4.50. The Hall–Kier alpha value is -0.590. The van der Waals surface area contributed by atoms with Gasteiger partial charge in [0.15, 0.2) is 0 Å². The first-order valence-corrected chi connectivity index (χ1v) is 5.93. The maximum absolute atomic E-state index is 4.45. The molecule has 0 aromatic rings. The van der Waals surface area contributed by atoms with Crippen molar-refractivity contribution >= 4 is 6.21 Å². The minimum absolute atomic E-state index is 0.0662. The van der Waals surface area contributed by atoms with E-state index in [2.05, 4.69) is 71.8 Å². The van der Waals surface area contributed by atoms with Crippen molar-refractivity contribution in [2.45, 2.75) is 60.9 Å². The molecule has 0 bridgehead atoms. The van der Waals surface area contributed by atoms with Crippen LogP contribution in [-0.2, 0) is 0 Å². The molecule has 0 aliphatic heterocycles. The molecule has 0 aromatic heterocycles. The molecule has 88 valence electrons. The van der Waals surface area contributed by atoms with Gasteiger partial charge >= 0.3 is 0 Å². The van der Waals surface area contributed by atoms with Gasteiger partial charge in [0.2, 0.25) is 0 Å². The average molecular weight is 209 g/mol. The molecule has 0 fully saturated rings. The minimum Gasteiger partial charge on any atom is -0.294 e. The average Bonchev–Trinajstić information content (AvgIpc) is 2.13. The summed E-state index contributed by atoms with van der Waals surface area (Å²) in [5, 5.41) is 0. The van der Waals surface area contributed by atoms with Crippen molar-refractivity contribution < 1.29 is 0 Å². The monoisotopic (exact) mass is 209 g/mol. The van der Waals surface area contributed by atoms with Gasteiger partial charge in [0, 0.05) is 17.7 Å². The van der Waals surface area contributed by atoms with Gasteiger partial charge in [-0.05, 0) is 25.7 Å². The zero-order valence-electron chi connectivity index (χ0n) is 11.5. The van der Waals surface area contributed by atoms with Crippen LogP contribution in [0.25, 0.3) is 0 Å². The Bertz CT molecular complexity index is 232. The molecule has 0 aliphatic carbocycles. The van der Waals surface area contributed by atoms with Crippen LogP contribution in [0.15, 0.2) is 17.1 Å². The highest BCUT2D eigenvalue weighted by molar-refractivity contribution is 5.67. The molecule has 15 heavy (non-hydrogen) atoms. The second-order valence-corrected chi connectivity index (χ2v) is 5.87. The second kappa shape index (κ2) is 5.48. The third-order valence-corrected chi connectivity index (χ3v) is 2.58. The van der Waals surface area contributed by atoms with E-state index in [1.807, 2.05) is 0 Å². The van der Waals surface area contributed by atoms with Gasteiger partial charge in [-0.25, -0.2) is 0 Å². The van der Waals surface area contributed by atoms with E-state index in [4.69, 9.17) is 0 Å². The SMILES string of the molecule is CCC(C)(C)/C=C\C(C)(C)C=NC(C)C. The van der Waals surface area contributed by atoms with E-state index >= 15 is 0 Å². The zero-order valence-corrected chi connectivity index (χ0v) is 11.5. The molecular formula is C14H27N. The van der Waals surface area contributed by atoms with Gasteiger partial charge in [-0.15, -0.1) is 0 Å². The summed E-state index contributed by atoms with van der Waals surface area (Å²) >= 11 is 0. The lowest BCUT2D eigenvalue weighted by atomic mass is 9.85. The smallest absolute Gasteiger partial charge is 0.0439 e. The Morgan fingerprint density at radius 2 is 1.60 bits per heavy atom. The quantitative estimate of drug-likeness (QED) is 0.467. The number of hydrogen-bond donors (Lipinski definition) is 0. The molecule has 0 heterocycles. The van der Waals surface area contributed by atoms with Crippen molar-refractivity contribution in [2.24, 2.45) is 15.8 Å². The number of rotatable bonds is 5. The fourth-order valence-corrected chi connectivity index (χ4v) is 0.942. The molecule has 1 nitrogen and oxygen atoms in total. The van der Waals surface area contributed by atoms with Gasteiger partial charge in [0.05, 0.1) is 0 Å². The van der Waals surface area contributed by atoms with Crippen molar-refractivity contribution in [1.29, 1.82) is 0 Å². The maximum Gasteiger partial charge on any atom is 0.0439 e. The largest absolute Gasteiger partial charge is 0.294 e. The van der Waals surface area contributed by atoms with Crippen LogP contribution in [0.2, 0.25) is 0 Å². The Kier molecular flexibility index (Phi) is 5.27. The van der Waals surface area contributed by atoms with Gasteiger partial charge in [0.1, 0.15) is 0 Å². The molecule has 0 aliphatic rings. The van der Waals surface area contributed by atoms with Crippen LogP contribution >= 0.6 is 0 Å². The highest BCUT2D eigenvalue weighted by Crippen LogP contribution is 2.25. The van der Waals surface area contributed by atoms with Crippen molar-refractivity contribution in [1.82, 2.24) is 0 Å². The zero-order chi connectivity index (χ0) is 12.1. The van der Waals surface area contributed by atoms with Crippen molar-refractivity contribution in [3.05, 3.63) is 12.2 Å². The first-order valence-electron chi connectivity index (χ1n) is 5.93. The summed E-state index contributed by atoms with van der Waals surface area (Å²) in [6.07, 6.45) is 7.79. The Labute approximate surface area is 95.7 Å². The lowest BCUT2D eigenvalue weighted by Crippen LogP contribution is -2.13. The van der Waals surface area contributed by atoms with E-state index in [0.717, 1.165) is 0 Å². The van der Waals surface area contributed by atoms with Gasteiger partial charge in [0.25, 0.3) is 0 Å². The summed E-state index contributed by atoms with van der Waals surface area (Å²) in [5.74, 6) is 0.